The van der Waals surface area contributed by atoms with Gasteiger partial charge in [-0.1, -0.05) is 99.7 Å². The highest BCUT2D eigenvalue weighted by Crippen LogP contribution is 2.41. The van der Waals surface area contributed by atoms with Gasteiger partial charge in [0.2, 0.25) is 0 Å². The van der Waals surface area contributed by atoms with Crippen LogP contribution in [-0.2, 0) is 25.5 Å². The van der Waals surface area contributed by atoms with Crippen molar-refractivity contribution in [2.75, 3.05) is 6.61 Å². The number of benzene rings is 1. The first-order chi connectivity index (χ1) is 18.0. The zero-order valence-electron chi connectivity index (χ0n) is 25.3. The number of hydrogen-bond acceptors (Lipinski definition) is 7. The van der Waals surface area contributed by atoms with E-state index in [1.165, 1.54) is 11.1 Å². The predicted octanol–water partition coefficient (Wildman–Crippen LogP) is 6.91. The molecule has 0 amide bonds. The molecule has 238 valence electrons. The van der Waals surface area contributed by atoms with Gasteiger partial charge >= 0.3 is 17.5 Å². The molecule has 1 fully saturated rings. The second kappa shape index (κ2) is 18.1. The number of esters is 1. The van der Waals surface area contributed by atoms with Crippen molar-refractivity contribution in [1.29, 1.82) is 0 Å². The number of rotatable bonds is 4. The minimum atomic E-state index is -1.94. The van der Waals surface area contributed by atoms with Gasteiger partial charge in [-0.3, -0.25) is 4.79 Å². The van der Waals surface area contributed by atoms with Crippen molar-refractivity contribution in [2.45, 2.75) is 113 Å². The first-order valence-electron chi connectivity index (χ1n) is 13.9. The second-order valence-corrected chi connectivity index (χ2v) is 17.4. The lowest BCUT2D eigenvalue weighted by atomic mass is 9.79. The van der Waals surface area contributed by atoms with Gasteiger partial charge < -0.3 is 19.4 Å². The Morgan fingerprint density at radius 2 is 1.46 bits per heavy atom. The van der Waals surface area contributed by atoms with E-state index >= 15 is 0 Å². The number of aliphatic hydroxyl groups excluding tert-OH is 2. The molecule has 9 heteroatoms. The zero-order chi connectivity index (χ0) is 30.1. The summed E-state index contributed by atoms with van der Waals surface area (Å²) in [4.78, 5) is 11.9. The van der Waals surface area contributed by atoms with Gasteiger partial charge in [-0.05, 0) is 60.4 Å². The van der Waals surface area contributed by atoms with Crippen molar-refractivity contribution in [1.82, 2.24) is 0 Å². The summed E-state index contributed by atoms with van der Waals surface area (Å²) in [5.41, 5.74) is 2.69. The fraction of sp³-hybridized carbons (Fsp3) is 0.719. The van der Waals surface area contributed by atoms with Crippen LogP contribution in [0.2, 0.25) is 18.1 Å². The summed E-state index contributed by atoms with van der Waals surface area (Å²) >= 11 is -0.750. The minimum absolute atomic E-state index is 0. The molecule has 1 aromatic rings. The first kappa shape index (κ1) is 41.5. The summed E-state index contributed by atoms with van der Waals surface area (Å²) < 4.78 is 28.2. The van der Waals surface area contributed by atoms with E-state index in [0.717, 1.165) is 6.42 Å². The van der Waals surface area contributed by atoms with Crippen molar-refractivity contribution in [3.05, 3.63) is 42.0 Å². The molecule has 7 nitrogen and oxygen atoms in total. The average molecular weight is 615 g/mol. The summed E-state index contributed by atoms with van der Waals surface area (Å²) in [6, 6.07) is 10.5. The van der Waals surface area contributed by atoms with Gasteiger partial charge in [-0.25, -0.2) is 0 Å². The molecular formula is C32H58O7SSi. The monoisotopic (exact) mass is 614 g/mol. The number of ether oxygens (including phenoxy) is 1. The molecule has 1 aromatic carbocycles. The van der Waals surface area contributed by atoms with Gasteiger partial charge in [0.1, 0.15) is 6.10 Å². The molecule has 2 aliphatic rings. The first-order valence-corrected chi connectivity index (χ1v) is 17.5. The van der Waals surface area contributed by atoms with Gasteiger partial charge in [0, 0.05) is 5.92 Å². The number of hydrogen-bond donors (Lipinski definition) is 2. The molecule has 1 saturated heterocycles. The van der Waals surface area contributed by atoms with Crippen molar-refractivity contribution >= 4 is 31.4 Å². The molecule has 1 aliphatic carbocycles. The van der Waals surface area contributed by atoms with Gasteiger partial charge in [0.15, 0.2) is 8.32 Å². The molecule has 0 saturated carbocycles. The Labute approximate surface area is 254 Å². The molecule has 1 aliphatic heterocycles. The fourth-order valence-electron chi connectivity index (χ4n) is 4.84. The number of aliphatic hydroxyl groups is 2. The van der Waals surface area contributed by atoms with E-state index < -0.39 is 26.0 Å². The molecule has 0 bridgehead atoms. The molecule has 2 N–H and O–H groups in total. The van der Waals surface area contributed by atoms with Crippen molar-refractivity contribution in [3.63, 3.8) is 0 Å². The lowest BCUT2D eigenvalue weighted by Gasteiger charge is -2.45. The summed E-state index contributed by atoms with van der Waals surface area (Å²) in [5.74, 6) is 0.866. The van der Waals surface area contributed by atoms with Crippen molar-refractivity contribution < 1.29 is 32.6 Å². The fourth-order valence-corrected chi connectivity index (χ4v) is 6.30. The van der Waals surface area contributed by atoms with Crippen LogP contribution in [0.25, 0.3) is 5.57 Å². The Morgan fingerprint density at radius 3 is 1.93 bits per heavy atom. The number of cyclic esters (lactones) is 1. The van der Waals surface area contributed by atoms with E-state index in [0.29, 0.717) is 17.8 Å². The molecule has 8 atom stereocenters. The van der Waals surface area contributed by atoms with Crippen LogP contribution in [0.3, 0.4) is 0 Å². The third-order valence-corrected chi connectivity index (χ3v) is 13.5. The molecule has 41 heavy (non-hydrogen) atoms. The molecule has 3 rings (SSSR count). The highest BCUT2D eigenvalue weighted by molar-refractivity contribution is 7.51. The Hall–Kier alpha value is -1.65. The largest absolute Gasteiger partial charge is 0.459 e. The van der Waals surface area contributed by atoms with Gasteiger partial charge in [-0.15, -0.1) is 0 Å². The Morgan fingerprint density at radius 1 is 0.951 bits per heavy atom. The normalized spacial score (nSPS) is 29.8. The van der Waals surface area contributed by atoms with Gasteiger partial charge in [-0.2, -0.15) is 8.42 Å². The van der Waals surface area contributed by atoms with Crippen LogP contribution >= 0.6 is 0 Å². The molecule has 0 unspecified atom stereocenters. The van der Waals surface area contributed by atoms with Crippen LogP contribution in [0.15, 0.2) is 36.4 Å². The summed E-state index contributed by atoms with van der Waals surface area (Å²) in [7, 11) is -1.94. The molecule has 0 aromatic heterocycles. The number of allylic oxidation sites excluding steroid dienone is 1. The highest BCUT2D eigenvalue weighted by Gasteiger charge is 2.47. The van der Waals surface area contributed by atoms with E-state index in [4.69, 9.17) is 17.6 Å². The Bertz CT molecular complexity index is 970. The van der Waals surface area contributed by atoms with E-state index in [9.17, 15) is 15.0 Å². The Balaban J connectivity index is 0. The van der Waals surface area contributed by atoms with Crippen molar-refractivity contribution in [3.8, 4) is 0 Å². The maximum atomic E-state index is 11.9. The SMILES string of the molecule is C.C.C[C@@H]1[C@H](C)[C@H](C)C(c2ccccc2)=CC[C@H]1O.C[C@@H]1[C@H](O[Si](C)(C)C(C)(C)C)[C@H](C)C(=O)O[C@@H]1CO.O=S=O. The quantitative estimate of drug-likeness (QED) is 0.280. The molecular weight excluding hydrogens is 556 g/mol. The average Bonchev–Trinajstić information content (AvgIpc) is 2.97. The van der Waals surface area contributed by atoms with Crippen LogP contribution < -0.4 is 0 Å². The molecule has 0 spiro atoms. The number of carbonyl (C=O) groups excluding carboxylic acids is 1. The van der Waals surface area contributed by atoms with E-state index in [2.05, 4.69) is 85.0 Å². The third kappa shape index (κ3) is 11.2. The highest BCUT2D eigenvalue weighted by atomic mass is 32.1. The standard InChI is InChI=1S/C16H22O.C14H28O4Si.2CH4.O2S/c1-11-12(2)15(9-10-16(17)13(11)3)14-7-5-4-6-8-14;1-9-11(8-15)17-13(16)10(2)12(9)18-19(6,7)14(3,4)5;;;1-3-2/h4-9,11-13,16-17H,10H2,1-3H3;9-12,15H,8H2,1-7H3;2*1H4;/t11-,12+,13-,16-;9-,10-,11+,12-;;;/m10.../s1. The van der Waals surface area contributed by atoms with Crippen LogP contribution in [0.4, 0.5) is 0 Å². The van der Waals surface area contributed by atoms with Crippen molar-refractivity contribution in [2.24, 2.45) is 29.6 Å². The van der Waals surface area contributed by atoms with Crippen LogP contribution in [-0.4, -0.2) is 57.8 Å². The molecule has 0 radical (unpaired) electrons. The predicted molar refractivity (Wildman–Crippen MR) is 172 cm³/mol. The third-order valence-electron chi connectivity index (χ3n) is 9.06. The van der Waals surface area contributed by atoms with Crippen LogP contribution in [0.5, 0.6) is 0 Å². The maximum absolute atomic E-state index is 11.9. The maximum Gasteiger partial charge on any atom is 0.335 e. The van der Waals surface area contributed by atoms with Crippen LogP contribution in [0, 0.1) is 29.6 Å². The van der Waals surface area contributed by atoms with E-state index in [-0.39, 0.29) is 56.5 Å². The summed E-state index contributed by atoms with van der Waals surface area (Å²) in [6.45, 7) is 21.3. The smallest absolute Gasteiger partial charge is 0.335 e. The second-order valence-electron chi connectivity index (χ2n) is 12.6. The molecule has 1 heterocycles. The van der Waals surface area contributed by atoms with Crippen LogP contribution in [0.1, 0.15) is 82.2 Å². The topological polar surface area (TPSA) is 110 Å². The number of carbonyl (C=O) groups is 1. The minimum Gasteiger partial charge on any atom is -0.459 e. The summed E-state index contributed by atoms with van der Waals surface area (Å²) in [6.07, 6.45) is 2.19. The Kier molecular flexibility index (Phi) is 18.3. The van der Waals surface area contributed by atoms with Gasteiger partial charge in [0.25, 0.3) is 0 Å². The van der Waals surface area contributed by atoms with E-state index in [1.807, 2.05) is 19.9 Å². The zero-order valence-corrected chi connectivity index (χ0v) is 27.2. The van der Waals surface area contributed by atoms with E-state index in [1.54, 1.807) is 0 Å². The lowest BCUT2D eigenvalue weighted by Crippen LogP contribution is -2.55. The van der Waals surface area contributed by atoms with Gasteiger partial charge in [0.05, 0.1) is 24.7 Å². The lowest BCUT2D eigenvalue weighted by molar-refractivity contribution is -0.179. The summed E-state index contributed by atoms with van der Waals surface area (Å²) in [5, 5.41) is 19.5.